The van der Waals surface area contributed by atoms with Gasteiger partial charge in [0.05, 0.1) is 19.7 Å². The highest BCUT2D eigenvalue weighted by atomic mass is 16.5. The molecule has 1 aromatic heterocycles. The first-order valence-corrected chi connectivity index (χ1v) is 10.2. The Labute approximate surface area is 172 Å². The van der Waals surface area contributed by atoms with Gasteiger partial charge in [-0.25, -0.2) is 0 Å². The largest absolute Gasteiger partial charge is 0.464 e. The predicted molar refractivity (Wildman–Crippen MR) is 110 cm³/mol. The van der Waals surface area contributed by atoms with Crippen molar-refractivity contribution in [2.75, 3.05) is 26.8 Å². The second-order valence-electron chi connectivity index (χ2n) is 7.63. The van der Waals surface area contributed by atoms with Crippen molar-refractivity contribution in [2.45, 2.75) is 39.3 Å². The first-order chi connectivity index (χ1) is 14.1. The molecule has 1 aliphatic rings. The maximum Gasteiger partial charge on any atom is 0.242 e. The molecule has 3 rings (SSSR count). The van der Waals surface area contributed by atoms with Crippen LogP contribution in [0.25, 0.3) is 0 Å². The molecule has 1 aliphatic carbocycles. The maximum atomic E-state index is 13.2. The smallest absolute Gasteiger partial charge is 0.242 e. The molecule has 156 valence electrons. The topological polar surface area (TPSA) is 63.0 Å². The van der Waals surface area contributed by atoms with Gasteiger partial charge >= 0.3 is 0 Å². The van der Waals surface area contributed by atoms with Crippen molar-refractivity contribution >= 4 is 11.8 Å². The van der Waals surface area contributed by atoms with Gasteiger partial charge in [-0.2, -0.15) is 0 Å². The summed E-state index contributed by atoms with van der Waals surface area (Å²) in [6.07, 6.45) is 2.91. The van der Waals surface area contributed by atoms with Crippen LogP contribution in [0.1, 0.15) is 36.3 Å². The van der Waals surface area contributed by atoms with E-state index in [-0.39, 0.29) is 24.3 Å². The molecule has 0 saturated heterocycles. The Balaban J connectivity index is 1.72. The van der Waals surface area contributed by atoms with E-state index in [2.05, 4.69) is 0 Å². The predicted octanol–water partition coefficient (Wildman–Crippen LogP) is 3.39. The van der Waals surface area contributed by atoms with Crippen molar-refractivity contribution in [3.63, 3.8) is 0 Å². The van der Waals surface area contributed by atoms with E-state index in [0.29, 0.717) is 26.2 Å². The van der Waals surface area contributed by atoms with E-state index in [0.717, 1.165) is 36.3 Å². The van der Waals surface area contributed by atoms with Gasteiger partial charge in [0, 0.05) is 26.1 Å². The molecule has 1 aromatic carbocycles. The molecule has 0 atom stereocenters. The molecule has 6 nitrogen and oxygen atoms in total. The highest BCUT2D eigenvalue weighted by Crippen LogP contribution is 2.28. The van der Waals surface area contributed by atoms with E-state index in [4.69, 9.17) is 9.15 Å². The van der Waals surface area contributed by atoms with Gasteiger partial charge in [-0.05, 0) is 37.5 Å². The molecular formula is C23H30N2O4. The third-order valence-corrected chi connectivity index (χ3v) is 5.37. The SMILES string of the molecule is COCCN(CC(=O)N(Cc1ccccc1)Cc1ccc(C)o1)C(=O)C1CCC1. The lowest BCUT2D eigenvalue weighted by molar-refractivity contribution is -0.145. The molecule has 0 N–H and O–H groups in total. The van der Waals surface area contributed by atoms with Gasteiger partial charge < -0.3 is 19.0 Å². The van der Waals surface area contributed by atoms with Crippen LogP contribution in [0.5, 0.6) is 0 Å². The number of hydrogen-bond donors (Lipinski definition) is 0. The first-order valence-electron chi connectivity index (χ1n) is 10.2. The second-order valence-corrected chi connectivity index (χ2v) is 7.63. The zero-order chi connectivity index (χ0) is 20.6. The molecule has 0 spiro atoms. The van der Waals surface area contributed by atoms with Crippen molar-refractivity contribution in [3.8, 4) is 0 Å². The normalized spacial score (nSPS) is 13.7. The Morgan fingerprint density at radius 1 is 1.07 bits per heavy atom. The lowest BCUT2D eigenvalue weighted by atomic mass is 9.84. The van der Waals surface area contributed by atoms with Crippen LogP contribution in [-0.4, -0.2) is 48.4 Å². The number of carbonyl (C=O) groups is 2. The summed E-state index contributed by atoms with van der Waals surface area (Å²) in [5.74, 6) is 1.58. The molecule has 0 aliphatic heterocycles. The zero-order valence-electron chi connectivity index (χ0n) is 17.3. The summed E-state index contributed by atoms with van der Waals surface area (Å²) in [4.78, 5) is 29.4. The van der Waals surface area contributed by atoms with Crippen LogP contribution < -0.4 is 0 Å². The van der Waals surface area contributed by atoms with Crippen molar-refractivity contribution in [3.05, 3.63) is 59.5 Å². The number of furan rings is 1. The van der Waals surface area contributed by atoms with Gasteiger partial charge in [-0.1, -0.05) is 36.8 Å². The standard InChI is InChI=1S/C23H30N2O4/c1-18-11-12-21(29-18)16-25(15-19-7-4-3-5-8-19)22(26)17-24(13-14-28-2)23(27)20-9-6-10-20/h3-5,7-8,11-12,20H,6,9-10,13-17H2,1-2H3. The maximum absolute atomic E-state index is 13.2. The number of rotatable bonds is 10. The minimum Gasteiger partial charge on any atom is -0.464 e. The summed E-state index contributed by atoms with van der Waals surface area (Å²) in [5.41, 5.74) is 1.04. The summed E-state index contributed by atoms with van der Waals surface area (Å²) in [6.45, 7) is 3.63. The van der Waals surface area contributed by atoms with Crippen molar-refractivity contribution < 1.29 is 18.7 Å². The van der Waals surface area contributed by atoms with Gasteiger partial charge in [-0.3, -0.25) is 9.59 Å². The van der Waals surface area contributed by atoms with Crippen LogP contribution in [0.2, 0.25) is 0 Å². The highest BCUT2D eigenvalue weighted by molar-refractivity contribution is 5.86. The number of amides is 2. The average Bonchev–Trinajstić information content (AvgIpc) is 3.08. The van der Waals surface area contributed by atoms with Gasteiger partial charge in [0.25, 0.3) is 0 Å². The van der Waals surface area contributed by atoms with Crippen LogP contribution in [0, 0.1) is 12.8 Å². The molecular weight excluding hydrogens is 368 g/mol. The van der Waals surface area contributed by atoms with Crippen LogP contribution >= 0.6 is 0 Å². The Kier molecular flexibility index (Phi) is 7.47. The summed E-state index contributed by atoms with van der Waals surface area (Å²) in [6, 6.07) is 13.6. The monoisotopic (exact) mass is 398 g/mol. The van der Waals surface area contributed by atoms with E-state index in [1.165, 1.54) is 0 Å². The van der Waals surface area contributed by atoms with E-state index >= 15 is 0 Å². The van der Waals surface area contributed by atoms with Gasteiger partial charge in [0.1, 0.15) is 11.5 Å². The number of ether oxygens (including phenoxy) is 1. The van der Waals surface area contributed by atoms with Gasteiger partial charge in [-0.15, -0.1) is 0 Å². The average molecular weight is 399 g/mol. The molecule has 0 unspecified atom stereocenters. The quantitative estimate of drug-likeness (QED) is 0.615. The van der Waals surface area contributed by atoms with Crippen LogP contribution in [0.3, 0.4) is 0 Å². The summed E-state index contributed by atoms with van der Waals surface area (Å²) < 4.78 is 10.8. The summed E-state index contributed by atoms with van der Waals surface area (Å²) >= 11 is 0. The third kappa shape index (κ3) is 5.94. The molecule has 0 bridgehead atoms. The number of benzene rings is 1. The van der Waals surface area contributed by atoms with E-state index in [1.54, 1.807) is 16.9 Å². The molecule has 2 aromatic rings. The molecule has 6 heteroatoms. The van der Waals surface area contributed by atoms with Crippen LogP contribution in [0.4, 0.5) is 0 Å². The van der Waals surface area contributed by atoms with E-state index < -0.39 is 0 Å². The number of nitrogens with zero attached hydrogens (tertiary/aromatic N) is 2. The lowest BCUT2D eigenvalue weighted by Gasteiger charge is -2.32. The Morgan fingerprint density at radius 3 is 2.41 bits per heavy atom. The summed E-state index contributed by atoms with van der Waals surface area (Å²) in [7, 11) is 1.61. The second kappa shape index (κ2) is 10.3. The molecule has 1 heterocycles. The van der Waals surface area contributed by atoms with Crippen molar-refractivity contribution in [1.29, 1.82) is 0 Å². The molecule has 1 fully saturated rings. The number of aryl methyl sites for hydroxylation is 1. The van der Waals surface area contributed by atoms with Gasteiger partial charge in [0.2, 0.25) is 11.8 Å². The lowest BCUT2D eigenvalue weighted by Crippen LogP contribution is -2.46. The van der Waals surface area contributed by atoms with Crippen LogP contribution in [0.15, 0.2) is 46.9 Å². The summed E-state index contributed by atoms with van der Waals surface area (Å²) in [5, 5.41) is 0. The van der Waals surface area contributed by atoms with E-state index in [9.17, 15) is 9.59 Å². The fourth-order valence-electron chi connectivity index (χ4n) is 3.44. The minimum atomic E-state index is -0.0910. The molecule has 0 radical (unpaired) electrons. The molecule has 2 amide bonds. The van der Waals surface area contributed by atoms with Crippen molar-refractivity contribution in [1.82, 2.24) is 9.80 Å². The highest BCUT2D eigenvalue weighted by Gasteiger charge is 2.31. The Bertz CT molecular complexity index is 798. The third-order valence-electron chi connectivity index (χ3n) is 5.37. The van der Waals surface area contributed by atoms with Crippen LogP contribution in [-0.2, 0) is 27.4 Å². The van der Waals surface area contributed by atoms with Gasteiger partial charge in [0.15, 0.2) is 0 Å². The molecule has 1 saturated carbocycles. The van der Waals surface area contributed by atoms with Crippen molar-refractivity contribution in [2.24, 2.45) is 5.92 Å². The number of carbonyl (C=O) groups excluding carboxylic acids is 2. The Morgan fingerprint density at radius 2 is 1.83 bits per heavy atom. The Hall–Kier alpha value is -2.60. The zero-order valence-corrected chi connectivity index (χ0v) is 17.3. The van der Waals surface area contributed by atoms with E-state index in [1.807, 2.05) is 49.4 Å². The minimum absolute atomic E-state index is 0.0509. The number of methoxy groups -OCH3 is 1. The molecule has 29 heavy (non-hydrogen) atoms. The number of hydrogen-bond acceptors (Lipinski definition) is 4. The fraction of sp³-hybridized carbons (Fsp3) is 0.478. The first kappa shape index (κ1) is 21.1. The fourth-order valence-corrected chi connectivity index (χ4v) is 3.44.